The molecule has 1 atom stereocenters. The number of piperidine rings is 1. The average Bonchev–Trinajstić information content (AvgIpc) is 1.71. The molecule has 1 unspecified atom stereocenters. The number of nitrogens with one attached hydrogen (secondary N) is 2. The third kappa shape index (κ3) is 20.9. The Morgan fingerprint density at radius 3 is 2.07 bits per heavy atom. The van der Waals surface area contributed by atoms with Gasteiger partial charge in [0, 0.05) is 150 Å². The van der Waals surface area contributed by atoms with Gasteiger partial charge in [0.25, 0.3) is 46.4 Å². The summed E-state index contributed by atoms with van der Waals surface area (Å²) in [5.41, 5.74) is 16.5. The fourth-order valence-corrected chi connectivity index (χ4v) is 22.3. The maximum Gasteiger partial charge on any atom is 0.294 e. The number of carbonyl (C=O) groups excluding carboxylic acids is 4. The number of Topliss-reactive ketones (excluding diaryl/α,β-unsaturated/α-hetero) is 2. The number of ketones is 2. The van der Waals surface area contributed by atoms with E-state index in [4.69, 9.17) is 14.9 Å². The second-order valence-corrected chi connectivity index (χ2v) is 42.2. The van der Waals surface area contributed by atoms with Crippen LogP contribution in [-0.4, -0.2) is 172 Å². The number of aromatic nitrogens is 3. The van der Waals surface area contributed by atoms with Crippen molar-refractivity contribution < 1.29 is 102 Å². The first-order valence-electron chi connectivity index (χ1n) is 44.1. The number of halogens is 2. The van der Waals surface area contributed by atoms with Crippen molar-refractivity contribution in [2.75, 3.05) is 62.7 Å². The van der Waals surface area contributed by atoms with E-state index in [1.54, 1.807) is 60.8 Å². The Hall–Kier alpha value is -12.5. The predicted molar refractivity (Wildman–Crippen MR) is 501 cm³/mol. The van der Waals surface area contributed by atoms with Gasteiger partial charge in [0.1, 0.15) is 36.5 Å². The lowest BCUT2D eigenvalue weighted by atomic mass is 9.81. The summed E-state index contributed by atoms with van der Waals surface area (Å²) in [5.74, 6) is -4.85. The van der Waals surface area contributed by atoms with Crippen molar-refractivity contribution in [1.82, 2.24) is 34.5 Å². The number of carbonyl (C=O) groups is 4. The Morgan fingerprint density at radius 2 is 1.35 bits per heavy atom. The number of rotatable bonds is 35. The van der Waals surface area contributed by atoms with Crippen LogP contribution >= 0.6 is 0 Å². The molecule has 1 aromatic heterocycles. The van der Waals surface area contributed by atoms with Crippen LogP contribution in [0.5, 0.6) is 5.75 Å². The molecule has 16 rings (SSSR count). The lowest BCUT2D eigenvalue weighted by Gasteiger charge is -2.31. The highest BCUT2D eigenvalue weighted by Crippen LogP contribution is 2.47. The Morgan fingerprint density at radius 1 is 0.659 bits per heavy atom. The van der Waals surface area contributed by atoms with Crippen molar-refractivity contribution in [2.45, 2.75) is 153 Å². The van der Waals surface area contributed by atoms with Crippen molar-refractivity contribution >= 4 is 119 Å². The molecule has 0 bridgehead atoms. The molecule has 9 aromatic rings. The molecular formula is C97H99F2N11O20S5+2. The standard InChI is InChI=1S/C97H97F2N11O20S5/c1-97(2)79-57-75(135(126,127)128)31-37-86(79)105(3)92(97)24-7-4-6-18-68-51-66-54-74(134(123,124)125)30-36-85(66)107(68)43-13-5-8-25-93(113)101-58-67-59-110(104-103-67)71-19-15-17-65(50-71)96(114)102-82(21-11-12-42-100)88(112)60-129-95-80(98)48-61(49-81(95)99)16-14-22-87(111)62-38-44-106(45-39-62)131(115,116)91-23-10-9-20-78(91)94-76-32-26-69(108-46-40-63-52-72(132(117,118)119)28-34-83(63)108)55-89(76)130-90-56-70(27-33-77(90)94)109-47-41-64-53-73(133(120,121)122)29-35-84(64)109/h4,6-7,9-10,15,17-20,23-24,26-37,48-50,52-57,59,62,82H,5,8,11-14,16,21-22,25,38-47,51,58,60,100H2,1-3H3,(H4-2,101,102,113,114,117,118,119,120,121,122,123,124,125,126,127,128)/p+2. The van der Waals surface area contributed by atoms with E-state index >= 15 is 17.2 Å². The number of allylic oxidation sites excluding steroid dienone is 6. The number of amides is 2. The number of aryl methyl sites for hydroxylation is 1. The minimum atomic E-state index is -4.47. The van der Waals surface area contributed by atoms with Crippen molar-refractivity contribution in [2.24, 2.45) is 11.7 Å². The molecule has 135 heavy (non-hydrogen) atoms. The smallest absolute Gasteiger partial charge is 0.294 e. The van der Waals surface area contributed by atoms with Crippen LogP contribution in [0.2, 0.25) is 0 Å². The molecule has 31 nitrogen and oxygen atoms in total. The molecule has 704 valence electrons. The van der Waals surface area contributed by atoms with Crippen LogP contribution < -0.4 is 40.8 Å². The summed E-state index contributed by atoms with van der Waals surface area (Å²) in [7, 11) is -20.2. The number of nitrogens with two attached hydrogens (primary N) is 1. The van der Waals surface area contributed by atoms with Crippen molar-refractivity contribution in [1.29, 1.82) is 0 Å². The van der Waals surface area contributed by atoms with Crippen molar-refractivity contribution in [3.8, 4) is 33.9 Å². The second-order valence-electron chi connectivity index (χ2n) is 34.6. The van der Waals surface area contributed by atoms with Crippen LogP contribution in [0.1, 0.15) is 128 Å². The van der Waals surface area contributed by atoms with Crippen LogP contribution in [0, 0.1) is 17.6 Å². The molecule has 1 aliphatic carbocycles. The highest BCUT2D eigenvalue weighted by atomic mass is 32.2. The van der Waals surface area contributed by atoms with Crippen molar-refractivity contribution in [3.05, 3.63) is 268 Å². The second kappa shape index (κ2) is 39.1. The number of ether oxygens (including phenoxy) is 1. The van der Waals surface area contributed by atoms with Gasteiger partial charge in [0.05, 0.1) is 60.4 Å². The van der Waals surface area contributed by atoms with Gasteiger partial charge in [-0.1, -0.05) is 54.1 Å². The molecule has 8 aromatic carbocycles. The molecule has 1 fully saturated rings. The minimum Gasteiger partial charge on any atom is -0.480 e. The molecule has 7 aliphatic rings. The quantitative estimate of drug-likeness (QED) is 0.00637. The van der Waals surface area contributed by atoms with Gasteiger partial charge in [-0.25, -0.2) is 21.9 Å². The van der Waals surface area contributed by atoms with E-state index in [1.165, 1.54) is 75.7 Å². The zero-order valence-corrected chi connectivity index (χ0v) is 77.9. The lowest BCUT2D eigenvalue weighted by Crippen LogP contribution is -2.43. The summed E-state index contributed by atoms with van der Waals surface area (Å²) >= 11 is 0. The van der Waals surface area contributed by atoms with E-state index in [2.05, 4.69) is 25.8 Å². The van der Waals surface area contributed by atoms with Gasteiger partial charge < -0.3 is 35.3 Å². The maximum atomic E-state index is 15.9. The number of hydrogen-bond acceptors (Lipinski definition) is 21. The Balaban J connectivity index is 0.502. The number of anilines is 3. The SMILES string of the molecule is C[N+]1=C(/C=C/C=C/C=C2/Cc3cc(S(=O)(=O)O)ccc3N2CCCCCC(=O)NCc2cn(-c3cccc(C(=O)NC(CCCCN)C(=O)COc4c(F)cc(CCCC(=O)C5CCN(S(=O)(=O)c6ccccc6-c6c7ccc(=[N+]8CCc9cc(S(=O)(=O)O)ccc98)cc-7oc7cc(N8CCc9cc(S(=O)(=O)O)ccc98)ccc67)CC5)cc4F)c3)nn2)C(C)(C)c2cc(S(=O)(=O)O)ccc21. The maximum absolute atomic E-state index is 15.9. The number of unbranched alkanes of at least 4 members (excludes halogenated alkanes) is 3. The number of nitrogens with zero attached hydrogens (tertiary/aromatic N) is 8. The summed E-state index contributed by atoms with van der Waals surface area (Å²) in [6.07, 6.45) is 16.1. The van der Waals surface area contributed by atoms with Gasteiger partial charge in [-0.15, -0.1) is 5.10 Å². The first-order chi connectivity index (χ1) is 64.3. The molecule has 0 radical (unpaired) electrons. The summed E-state index contributed by atoms with van der Waals surface area (Å²) in [6.45, 7) is 4.90. The van der Waals surface area contributed by atoms with E-state index in [0.717, 1.165) is 51.9 Å². The molecule has 7 heterocycles. The van der Waals surface area contributed by atoms with Gasteiger partial charge in [0.15, 0.2) is 35.4 Å². The third-order valence-electron chi connectivity index (χ3n) is 25.5. The average molecular weight is 1940 g/mol. The molecule has 1 saturated heterocycles. The van der Waals surface area contributed by atoms with E-state index in [-0.39, 0.29) is 118 Å². The molecular weight excluding hydrogens is 1840 g/mol. The van der Waals surface area contributed by atoms with E-state index < -0.39 is 104 Å². The Labute approximate surface area is 779 Å². The third-order valence-corrected chi connectivity index (χ3v) is 30.9. The van der Waals surface area contributed by atoms with Gasteiger partial charge in [0.2, 0.25) is 32.7 Å². The largest absolute Gasteiger partial charge is 0.480 e. The van der Waals surface area contributed by atoms with Gasteiger partial charge in [-0.3, -0.25) is 37.4 Å². The summed E-state index contributed by atoms with van der Waals surface area (Å²) in [5, 5.41) is 15.3. The van der Waals surface area contributed by atoms with Crippen LogP contribution in [0.3, 0.4) is 0 Å². The predicted octanol–water partition coefficient (Wildman–Crippen LogP) is 13.2. The van der Waals surface area contributed by atoms with E-state index in [9.17, 15) is 71.1 Å². The highest BCUT2D eigenvalue weighted by Gasteiger charge is 2.44. The van der Waals surface area contributed by atoms with Gasteiger partial charge in [-0.2, -0.15) is 47.1 Å². The fourth-order valence-electron chi connectivity index (χ4n) is 18.6. The number of fused-ring (bicyclic) bond motifs is 6. The first-order valence-corrected chi connectivity index (χ1v) is 51.3. The minimum absolute atomic E-state index is 0.0000263. The van der Waals surface area contributed by atoms with Crippen LogP contribution in [0.4, 0.5) is 37.2 Å². The normalized spacial score (nSPS) is 16.3. The van der Waals surface area contributed by atoms with E-state index in [0.29, 0.717) is 144 Å². The van der Waals surface area contributed by atoms with Gasteiger partial charge in [-0.05, 0) is 223 Å². The summed E-state index contributed by atoms with van der Waals surface area (Å²) in [4.78, 5) is 58.2. The number of hydrogen-bond donors (Lipinski definition) is 7. The summed E-state index contributed by atoms with van der Waals surface area (Å²) < 4.78 is 217. The van der Waals surface area contributed by atoms with Crippen LogP contribution in [0.15, 0.2) is 241 Å². The molecule has 38 heteroatoms. The first kappa shape index (κ1) is 95.7. The molecule has 0 spiro atoms. The number of sulfonamides is 1. The van der Waals surface area contributed by atoms with Crippen molar-refractivity contribution in [3.63, 3.8) is 0 Å². The number of benzene rings is 9. The van der Waals surface area contributed by atoms with Crippen LogP contribution in [-0.2, 0) is 103 Å². The zero-order chi connectivity index (χ0) is 95.8. The monoisotopic (exact) mass is 1940 g/mol. The van der Waals surface area contributed by atoms with Crippen LogP contribution in [0.25, 0.3) is 39.1 Å². The zero-order valence-electron chi connectivity index (χ0n) is 73.8. The van der Waals surface area contributed by atoms with Gasteiger partial charge >= 0.3 is 0 Å². The summed E-state index contributed by atoms with van der Waals surface area (Å²) in [6, 6.07) is 42.8. The van der Waals surface area contributed by atoms with E-state index in [1.807, 2.05) is 102 Å². The molecule has 0 saturated carbocycles. The Kier molecular flexibility index (Phi) is 27.7. The fraction of sp³-hybridized carbons (Fsp3) is 0.299. The molecule has 2 amide bonds. The highest BCUT2D eigenvalue weighted by molar-refractivity contribution is 7.89. The topological polar surface area (TPSA) is 439 Å². The lowest BCUT2D eigenvalue weighted by molar-refractivity contribution is -0.401. The Bertz CT molecular complexity index is 7390. The molecule has 6 aliphatic heterocycles. The molecule has 8 N–H and O–H groups in total.